The van der Waals surface area contributed by atoms with Crippen molar-refractivity contribution in [2.75, 3.05) is 5.32 Å². The van der Waals surface area contributed by atoms with Gasteiger partial charge in [0.15, 0.2) is 0 Å². The van der Waals surface area contributed by atoms with Gasteiger partial charge in [0.05, 0.1) is 16.7 Å². The second-order valence-electron chi connectivity index (χ2n) is 7.28. The zero-order valence-electron chi connectivity index (χ0n) is 16.7. The van der Waals surface area contributed by atoms with E-state index in [1.807, 2.05) is 6.07 Å². The van der Waals surface area contributed by atoms with Crippen LogP contribution in [0.3, 0.4) is 0 Å². The van der Waals surface area contributed by atoms with Crippen molar-refractivity contribution in [3.63, 3.8) is 0 Å². The van der Waals surface area contributed by atoms with Crippen molar-refractivity contribution in [3.05, 3.63) is 101 Å². The van der Waals surface area contributed by atoms with Crippen LogP contribution in [0, 0.1) is 5.82 Å². The van der Waals surface area contributed by atoms with Gasteiger partial charge < -0.3 is 11.1 Å². The minimum atomic E-state index is -1.17. The highest BCUT2D eigenvalue weighted by Gasteiger charge is 2.42. The fourth-order valence-corrected chi connectivity index (χ4v) is 3.65. The molecule has 160 valence electrons. The van der Waals surface area contributed by atoms with E-state index in [9.17, 15) is 23.6 Å². The number of carbonyl (C=O) groups excluding carboxylic acids is 4. The molecule has 3 aromatic rings. The number of halogens is 1. The lowest BCUT2D eigenvalue weighted by molar-refractivity contribution is -0.119. The van der Waals surface area contributed by atoms with Crippen LogP contribution in [0.15, 0.2) is 72.8 Å². The summed E-state index contributed by atoms with van der Waals surface area (Å²) in [6, 6.07) is 17.5. The van der Waals surface area contributed by atoms with Crippen LogP contribution in [0.25, 0.3) is 0 Å². The Morgan fingerprint density at radius 2 is 1.50 bits per heavy atom. The number of rotatable bonds is 6. The van der Waals surface area contributed by atoms with Crippen molar-refractivity contribution in [2.45, 2.75) is 12.5 Å². The first-order valence-corrected chi connectivity index (χ1v) is 9.78. The summed E-state index contributed by atoms with van der Waals surface area (Å²) in [6.07, 6.45) is 0.0714. The van der Waals surface area contributed by atoms with Crippen molar-refractivity contribution in [2.24, 2.45) is 5.73 Å². The molecule has 1 atom stereocenters. The molecule has 0 unspecified atom stereocenters. The molecule has 0 saturated carbocycles. The van der Waals surface area contributed by atoms with Crippen molar-refractivity contribution in [1.82, 2.24) is 4.90 Å². The molecule has 0 spiro atoms. The third kappa shape index (κ3) is 3.85. The number of primary amides is 1. The summed E-state index contributed by atoms with van der Waals surface area (Å²) in [5.41, 5.74) is 6.08. The van der Waals surface area contributed by atoms with E-state index in [0.717, 1.165) is 22.6 Å². The molecule has 0 aliphatic carbocycles. The van der Waals surface area contributed by atoms with Gasteiger partial charge in [-0.15, -0.1) is 0 Å². The number of fused-ring (bicyclic) bond motifs is 1. The molecule has 0 radical (unpaired) electrons. The van der Waals surface area contributed by atoms with E-state index in [-0.39, 0.29) is 28.8 Å². The first-order valence-electron chi connectivity index (χ1n) is 9.78. The van der Waals surface area contributed by atoms with Crippen LogP contribution in [-0.4, -0.2) is 34.6 Å². The molecule has 7 nitrogen and oxygen atoms in total. The Labute approximate surface area is 182 Å². The molecule has 8 heteroatoms. The molecule has 0 bridgehead atoms. The Kier molecular flexibility index (Phi) is 5.51. The number of nitrogens with two attached hydrogens (primary N) is 1. The largest absolute Gasteiger partial charge is 0.366 e. The predicted octanol–water partition coefficient (Wildman–Crippen LogP) is 2.77. The first-order chi connectivity index (χ1) is 15.4. The number of nitrogens with zero attached hydrogens (tertiary/aromatic N) is 1. The van der Waals surface area contributed by atoms with Gasteiger partial charge in [-0.1, -0.05) is 42.5 Å². The molecule has 3 N–H and O–H groups in total. The van der Waals surface area contributed by atoms with Crippen LogP contribution in [-0.2, 0) is 11.2 Å². The van der Waals surface area contributed by atoms with E-state index >= 15 is 0 Å². The van der Waals surface area contributed by atoms with Gasteiger partial charge >= 0.3 is 0 Å². The monoisotopic (exact) mass is 431 g/mol. The van der Waals surface area contributed by atoms with E-state index in [4.69, 9.17) is 5.73 Å². The summed E-state index contributed by atoms with van der Waals surface area (Å²) >= 11 is 0. The van der Waals surface area contributed by atoms with Crippen molar-refractivity contribution in [1.29, 1.82) is 0 Å². The fraction of sp³-hybridized carbons (Fsp3) is 0.0833. The summed E-state index contributed by atoms with van der Waals surface area (Å²) < 4.78 is 13.8. The van der Waals surface area contributed by atoms with Crippen molar-refractivity contribution < 1.29 is 23.6 Å². The van der Waals surface area contributed by atoms with Crippen LogP contribution >= 0.6 is 0 Å². The Morgan fingerprint density at radius 1 is 0.906 bits per heavy atom. The highest BCUT2D eigenvalue weighted by Crippen LogP contribution is 2.27. The number of imide groups is 1. The maximum absolute atomic E-state index is 13.8. The average molecular weight is 431 g/mol. The standard InChI is InChI=1S/C24H18FN3O4/c25-19-11-10-15(13-18(19)21(26)29)27-22(30)20(12-14-6-2-1-3-7-14)28-23(31)16-8-4-5-9-17(16)24(28)32/h1-11,13,20H,12H2,(H2,26,29)(H,27,30)/t20-/m0/s1. The molecule has 1 aliphatic heterocycles. The summed E-state index contributed by atoms with van der Waals surface area (Å²) in [5, 5.41) is 2.57. The van der Waals surface area contributed by atoms with Gasteiger partial charge in [-0.25, -0.2) is 4.39 Å². The lowest BCUT2D eigenvalue weighted by Gasteiger charge is -2.25. The zero-order chi connectivity index (χ0) is 22.8. The Balaban J connectivity index is 1.68. The van der Waals surface area contributed by atoms with E-state index in [0.29, 0.717) is 0 Å². The first kappa shape index (κ1) is 20.9. The minimum absolute atomic E-state index is 0.0714. The highest BCUT2D eigenvalue weighted by atomic mass is 19.1. The molecule has 0 fully saturated rings. The second kappa shape index (κ2) is 8.43. The topological polar surface area (TPSA) is 110 Å². The SMILES string of the molecule is NC(=O)c1cc(NC(=O)[C@H](Cc2ccccc2)N2C(=O)c3ccccc3C2=O)ccc1F. The number of anilines is 1. The molecule has 1 aliphatic rings. The van der Waals surface area contributed by atoms with Crippen molar-refractivity contribution in [3.8, 4) is 0 Å². The van der Waals surface area contributed by atoms with Crippen molar-refractivity contribution >= 4 is 29.3 Å². The fourth-order valence-electron chi connectivity index (χ4n) is 3.65. The molecule has 1 heterocycles. The van der Waals surface area contributed by atoms with Gasteiger partial charge in [0.2, 0.25) is 5.91 Å². The van der Waals surface area contributed by atoms with Crippen LogP contribution in [0.4, 0.5) is 10.1 Å². The molecular formula is C24H18FN3O4. The molecule has 0 aromatic heterocycles. The summed E-state index contributed by atoms with van der Waals surface area (Å²) in [4.78, 5) is 51.6. The average Bonchev–Trinajstić information content (AvgIpc) is 3.04. The smallest absolute Gasteiger partial charge is 0.262 e. The Bertz CT molecular complexity index is 1210. The van der Waals surface area contributed by atoms with Crippen LogP contribution in [0.1, 0.15) is 36.6 Å². The van der Waals surface area contributed by atoms with Gasteiger partial charge in [-0.3, -0.25) is 24.1 Å². The van der Waals surface area contributed by atoms with Gasteiger partial charge in [-0.2, -0.15) is 0 Å². The number of benzene rings is 3. The van der Waals surface area contributed by atoms with E-state index < -0.39 is 35.5 Å². The van der Waals surface area contributed by atoms with Gasteiger partial charge in [0, 0.05) is 12.1 Å². The molecular weight excluding hydrogens is 413 g/mol. The van der Waals surface area contributed by atoms with Gasteiger partial charge in [0.1, 0.15) is 11.9 Å². The molecule has 4 rings (SSSR count). The third-order valence-corrected chi connectivity index (χ3v) is 5.21. The number of hydrogen-bond donors (Lipinski definition) is 2. The maximum atomic E-state index is 13.8. The van der Waals surface area contributed by atoms with Gasteiger partial charge in [0.25, 0.3) is 17.7 Å². The lowest BCUT2D eigenvalue weighted by atomic mass is 10.0. The number of hydrogen-bond acceptors (Lipinski definition) is 4. The van der Waals surface area contributed by atoms with E-state index in [2.05, 4.69) is 5.32 Å². The summed E-state index contributed by atoms with van der Waals surface area (Å²) in [5.74, 6) is -3.61. The normalized spacial score (nSPS) is 13.6. The Morgan fingerprint density at radius 3 is 2.09 bits per heavy atom. The Hall–Kier alpha value is -4.33. The van der Waals surface area contributed by atoms with Crippen LogP contribution in [0.5, 0.6) is 0 Å². The number of amides is 4. The van der Waals surface area contributed by atoms with E-state index in [1.54, 1.807) is 36.4 Å². The van der Waals surface area contributed by atoms with Gasteiger partial charge in [-0.05, 0) is 35.9 Å². The highest BCUT2D eigenvalue weighted by molar-refractivity contribution is 6.23. The number of nitrogens with one attached hydrogen (secondary N) is 1. The van der Waals surface area contributed by atoms with Crippen LogP contribution in [0.2, 0.25) is 0 Å². The third-order valence-electron chi connectivity index (χ3n) is 5.21. The molecule has 0 saturated heterocycles. The zero-order valence-corrected chi connectivity index (χ0v) is 16.7. The minimum Gasteiger partial charge on any atom is -0.366 e. The predicted molar refractivity (Wildman–Crippen MR) is 114 cm³/mol. The summed E-state index contributed by atoms with van der Waals surface area (Å²) in [6.45, 7) is 0. The molecule has 3 aromatic carbocycles. The quantitative estimate of drug-likeness (QED) is 0.585. The summed E-state index contributed by atoms with van der Waals surface area (Å²) in [7, 11) is 0. The lowest BCUT2D eigenvalue weighted by Crippen LogP contribution is -2.48. The second-order valence-corrected chi connectivity index (χ2v) is 7.28. The number of carbonyl (C=O) groups is 4. The van der Waals surface area contributed by atoms with Crippen LogP contribution < -0.4 is 11.1 Å². The molecule has 4 amide bonds. The molecule has 32 heavy (non-hydrogen) atoms. The van der Waals surface area contributed by atoms with E-state index in [1.165, 1.54) is 18.2 Å². The maximum Gasteiger partial charge on any atom is 0.262 e.